The highest BCUT2D eigenvalue weighted by molar-refractivity contribution is 7.98. The molecular formula is C15H16N2O2S. The van der Waals surface area contributed by atoms with Crippen LogP contribution in [0.4, 0.5) is 11.4 Å². The minimum atomic E-state index is -0.186. The summed E-state index contributed by atoms with van der Waals surface area (Å²) in [6, 6.07) is 12.6. The summed E-state index contributed by atoms with van der Waals surface area (Å²) in [4.78, 5) is 13.2. The Morgan fingerprint density at radius 2 is 1.90 bits per heavy atom. The largest absolute Gasteiger partial charge is 0.497 e. The van der Waals surface area contributed by atoms with Gasteiger partial charge in [-0.1, -0.05) is 0 Å². The highest BCUT2D eigenvalue weighted by atomic mass is 32.2. The van der Waals surface area contributed by atoms with Crippen molar-refractivity contribution in [3.05, 3.63) is 48.0 Å². The van der Waals surface area contributed by atoms with E-state index in [-0.39, 0.29) is 5.91 Å². The number of ether oxygens (including phenoxy) is 1. The number of carbonyl (C=O) groups is 1. The summed E-state index contributed by atoms with van der Waals surface area (Å²) in [5.74, 6) is 0.472. The van der Waals surface area contributed by atoms with Crippen LogP contribution in [-0.2, 0) is 0 Å². The number of amides is 1. The van der Waals surface area contributed by atoms with Crippen molar-refractivity contribution in [1.82, 2.24) is 0 Å². The molecule has 0 heterocycles. The van der Waals surface area contributed by atoms with Gasteiger partial charge < -0.3 is 15.8 Å². The highest BCUT2D eigenvalue weighted by Gasteiger charge is 2.08. The van der Waals surface area contributed by atoms with Gasteiger partial charge in [0.05, 0.1) is 18.5 Å². The van der Waals surface area contributed by atoms with Gasteiger partial charge in [-0.25, -0.2) is 0 Å². The number of hydrogen-bond donors (Lipinski definition) is 2. The molecule has 0 aliphatic heterocycles. The van der Waals surface area contributed by atoms with E-state index in [4.69, 9.17) is 10.5 Å². The molecule has 4 nitrogen and oxygen atoms in total. The zero-order valence-electron chi connectivity index (χ0n) is 11.3. The molecule has 104 valence electrons. The summed E-state index contributed by atoms with van der Waals surface area (Å²) in [5.41, 5.74) is 7.51. The van der Waals surface area contributed by atoms with Crippen molar-refractivity contribution >= 4 is 29.0 Å². The van der Waals surface area contributed by atoms with E-state index in [9.17, 15) is 4.79 Å². The van der Waals surface area contributed by atoms with Crippen molar-refractivity contribution < 1.29 is 9.53 Å². The molecule has 0 unspecified atom stereocenters. The van der Waals surface area contributed by atoms with Crippen molar-refractivity contribution in [2.75, 3.05) is 24.4 Å². The van der Waals surface area contributed by atoms with Gasteiger partial charge in [0.2, 0.25) is 0 Å². The Morgan fingerprint density at radius 1 is 1.20 bits per heavy atom. The van der Waals surface area contributed by atoms with Crippen LogP contribution in [0, 0.1) is 0 Å². The predicted octanol–water partition coefficient (Wildman–Crippen LogP) is 3.25. The quantitative estimate of drug-likeness (QED) is 0.669. The summed E-state index contributed by atoms with van der Waals surface area (Å²) < 4.78 is 5.07. The van der Waals surface area contributed by atoms with E-state index in [0.717, 1.165) is 4.90 Å². The van der Waals surface area contributed by atoms with Gasteiger partial charge in [-0.3, -0.25) is 4.79 Å². The number of carbonyl (C=O) groups excluding carboxylic acids is 1. The molecule has 20 heavy (non-hydrogen) atoms. The van der Waals surface area contributed by atoms with Crippen LogP contribution < -0.4 is 15.8 Å². The average molecular weight is 288 g/mol. The number of hydrogen-bond acceptors (Lipinski definition) is 4. The van der Waals surface area contributed by atoms with Crippen molar-refractivity contribution in [3.63, 3.8) is 0 Å². The third-order valence-electron chi connectivity index (χ3n) is 2.86. The summed E-state index contributed by atoms with van der Waals surface area (Å²) in [6.07, 6.45) is 1.99. The van der Waals surface area contributed by atoms with E-state index < -0.39 is 0 Å². The van der Waals surface area contributed by atoms with Gasteiger partial charge in [0.15, 0.2) is 0 Å². The lowest BCUT2D eigenvalue weighted by atomic mass is 10.2. The van der Waals surface area contributed by atoms with Crippen LogP contribution >= 0.6 is 11.8 Å². The molecule has 2 aromatic rings. The fourth-order valence-electron chi connectivity index (χ4n) is 1.72. The van der Waals surface area contributed by atoms with Crippen molar-refractivity contribution in [2.24, 2.45) is 0 Å². The van der Waals surface area contributed by atoms with Crippen LogP contribution in [0.25, 0.3) is 0 Å². The summed E-state index contributed by atoms with van der Waals surface area (Å²) in [5, 5.41) is 2.79. The molecule has 0 saturated carbocycles. The molecule has 0 aliphatic carbocycles. The number of thioether (sulfide) groups is 1. The second kappa shape index (κ2) is 6.34. The minimum Gasteiger partial charge on any atom is -0.497 e. The van der Waals surface area contributed by atoms with E-state index in [1.165, 1.54) is 0 Å². The molecule has 0 aliphatic rings. The molecule has 0 bridgehead atoms. The van der Waals surface area contributed by atoms with Crippen LogP contribution in [-0.4, -0.2) is 19.3 Å². The lowest BCUT2D eigenvalue weighted by molar-refractivity contribution is 0.102. The van der Waals surface area contributed by atoms with Gasteiger partial charge in [0, 0.05) is 16.5 Å². The van der Waals surface area contributed by atoms with E-state index >= 15 is 0 Å². The van der Waals surface area contributed by atoms with Gasteiger partial charge in [-0.2, -0.15) is 0 Å². The van der Waals surface area contributed by atoms with Crippen molar-refractivity contribution in [1.29, 1.82) is 0 Å². The van der Waals surface area contributed by atoms with E-state index in [1.807, 2.05) is 18.4 Å². The number of nitrogen functional groups attached to an aromatic ring is 1. The maximum absolute atomic E-state index is 12.1. The summed E-state index contributed by atoms with van der Waals surface area (Å²) in [7, 11) is 1.57. The summed E-state index contributed by atoms with van der Waals surface area (Å²) >= 11 is 1.63. The van der Waals surface area contributed by atoms with E-state index in [0.29, 0.717) is 22.7 Å². The van der Waals surface area contributed by atoms with Crippen molar-refractivity contribution in [2.45, 2.75) is 4.90 Å². The predicted molar refractivity (Wildman–Crippen MR) is 83.6 cm³/mol. The van der Waals surface area contributed by atoms with E-state index in [1.54, 1.807) is 49.2 Å². The standard InChI is InChI=1S/C15H16N2O2S/c1-19-11-5-8-14(13(16)9-11)17-15(18)10-3-6-12(20-2)7-4-10/h3-9H,16H2,1-2H3,(H,17,18). The Labute approximate surface area is 122 Å². The molecule has 5 heteroatoms. The van der Waals surface area contributed by atoms with Crippen LogP contribution in [0.2, 0.25) is 0 Å². The highest BCUT2D eigenvalue weighted by Crippen LogP contribution is 2.24. The smallest absolute Gasteiger partial charge is 0.255 e. The molecule has 0 radical (unpaired) electrons. The number of nitrogens with two attached hydrogens (primary N) is 1. The number of benzene rings is 2. The maximum Gasteiger partial charge on any atom is 0.255 e. The molecule has 0 aromatic heterocycles. The SMILES string of the molecule is COc1ccc(NC(=O)c2ccc(SC)cc2)c(N)c1. The van der Waals surface area contributed by atoms with E-state index in [2.05, 4.69) is 5.32 Å². The Bertz CT molecular complexity index is 612. The Balaban J connectivity index is 2.14. The third kappa shape index (κ3) is 3.24. The Kier molecular flexibility index (Phi) is 4.53. The number of rotatable bonds is 4. The van der Waals surface area contributed by atoms with Crippen LogP contribution in [0.5, 0.6) is 5.75 Å². The molecule has 1 amide bonds. The first-order chi connectivity index (χ1) is 9.63. The second-order valence-corrected chi connectivity index (χ2v) is 5.02. The molecule has 3 N–H and O–H groups in total. The van der Waals surface area contributed by atoms with Crippen LogP contribution in [0.1, 0.15) is 10.4 Å². The average Bonchev–Trinajstić information content (AvgIpc) is 2.49. The zero-order chi connectivity index (χ0) is 14.5. The zero-order valence-corrected chi connectivity index (χ0v) is 12.2. The topological polar surface area (TPSA) is 64.3 Å². The van der Waals surface area contributed by atoms with Gasteiger partial charge >= 0.3 is 0 Å². The molecule has 2 aromatic carbocycles. The third-order valence-corrected chi connectivity index (χ3v) is 3.60. The number of nitrogens with one attached hydrogen (secondary N) is 1. The van der Waals surface area contributed by atoms with Gasteiger partial charge in [-0.05, 0) is 42.7 Å². The normalized spacial score (nSPS) is 10.1. The monoisotopic (exact) mass is 288 g/mol. The van der Waals surface area contributed by atoms with Gasteiger partial charge in [-0.15, -0.1) is 11.8 Å². The Morgan fingerprint density at radius 3 is 2.45 bits per heavy atom. The first kappa shape index (κ1) is 14.3. The second-order valence-electron chi connectivity index (χ2n) is 4.14. The molecular weight excluding hydrogens is 272 g/mol. The maximum atomic E-state index is 12.1. The van der Waals surface area contributed by atoms with Gasteiger partial charge in [0.25, 0.3) is 5.91 Å². The molecule has 0 spiro atoms. The van der Waals surface area contributed by atoms with Crippen LogP contribution in [0.3, 0.4) is 0 Å². The lowest BCUT2D eigenvalue weighted by Crippen LogP contribution is -2.13. The first-order valence-corrected chi connectivity index (χ1v) is 7.25. The lowest BCUT2D eigenvalue weighted by Gasteiger charge is -2.10. The minimum absolute atomic E-state index is 0.186. The van der Waals surface area contributed by atoms with Gasteiger partial charge in [0.1, 0.15) is 5.75 Å². The fraction of sp³-hybridized carbons (Fsp3) is 0.133. The number of methoxy groups -OCH3 is 1. The molecule has 0 fully saturated rings. The van der Waals surface area contributed by atoms with Crippen LogP contribution in [0.15, 0.2) is 47.4 Å². The summed E-state index contributed by atoms with van der Waals surface area (Å²) in [6.45, 7) is 0. The number of anilines is 2. The molecule has 0 saturated heterocycles. The van der Waals surface area contributed by atoms with Crippen molar-refractivity contribution in [3.8, 4) is 5.75 Å². The fourth-order valence-corrected chi connectivity index (χ4v) is 2.13. The Hall–Kier alpha value is -2.14. The first-order valence-electron chi connectivity index (χ1n) is 6.03. The molecule has 2 rings (SSSR count). The molecule has 0 atom stereocenters.